The van der Waals surface area contributed by atoms with Crippen LogP contribution >= 0.6 is 0 Å². The van der Waals surface area contributed by atoms with Gasteiger partial charge in [-0.15, -0.1) is 0 Å². The molecule has 3 rings (SSSR count). The molecule has 6 heteroatoms. The zero-order valence-corrected chi connectivity index (χ0v) is 13.9. The Balaban J connectivity index is 1.48. The standard InChI is InChI=1S/C15H29N3O2S/c1-2-15(8-3-9-15)17-21(19,20)18-10-6-13(7-11-18)12-16-14-4-5-14/h13-14,16-17H,2-12H2,1H3. The van der Waals surface area contributed by atoms with Crippen molar-refractivity contribution in [3.63, 3.8) is 0 Å². The molecule has 2 N–H and O–H groups in total. The van der Waals surface area contributed by atoms with Crippen LogP contribution in [0.25, 0.3) is 0 Å². The molecular weight excluding hydrogens is 286 g/mol. The van der Waals surface area contributed by atoms with Crippen molar-refractivity contribution in [2.24, 2.45) is 5.92 Å². The van der Waals surface area contributed by atoms with Gasteiger partial charge in [0.05, 0.1) is 0 Å². The lowest BCUT2D eigenvalue weighted by atomic mass is 9.76. The Kier molecular flexibility index (Phi) is 4.60. The maximum atomic E-state index is 12.5. The average Bonchev–Trinajstić information content (AvgIpc) is 3.25. The van der Waals surface area contributed by atoms with Crippen LogP contribution in [0.4, 0.5) is 0 Å². The molecule has 122 valence electrons. The summed E-state index contributed by atoms with van der Waals surface area (Å²) in [5.41, 5.74) is -0.150. The first-order chi connectivity index (χ1) is 10.0. The maximum Gasteiger partial charge on any atom is 0.279 e. The fourth-order valence-electron chi connectivity index (χ4n) is 3.44. The molecule has 0 unspecified atom stereocenters. The van der Waals surface area contributed by atoms with Crippen LogP contribution in [0.15, 0.2) is 0 Å². The third-order valence-electron chi connectivity index (χ3n) is 5.52. The summed E-state index contributed by atoms with van der Waals surface area (Å²) < 4.78 is 29.7. The predicted molar refractivity (Wildman–Crippen MR) is 84.3 cm³/mol. The second-order valence-corrected chi connectivity index (χ2v) is 8.79. The molecule has 0 amide bonds. The minimum Gasteiger partial charge on any atom is -0.314 e. The van der Waals surface area contributed by atoms with E-state index in [-0.39, 0.29) is 5.54 Å². The Morgan fingerprint density at radius 1 is 1.14 bits per heavy atom. The summed E-state index contributed by atoms with van der Waals surface area (Å²) in [6.45, 7) is 4.49. The first kappa shape index (κ1) is 15.7. The zero-order chi connectivity index (χ0) is 14.9. The highest BCUT2D eigenvalue weighted by molar-refractivity contribution is 7.87. The van der Waals surface area contributed by atoms with Crippen molar-refractivity contribution in [2.45, 2.75) is 69.9 Å². The first-order valence-electron chi connectivity index (χ1n) is 8.55. The van der Waals surface area contributed by atoms with E-state index in [1.54, 1.807) is 4.31 Å². The largest absolute Gasteiger partial charge is 0.314 e. The monoisotopic (exact) mass is 315 g/mol. The van der Waals surface area contributed by atoms with Crippen molar-refractivity contribution in [3.8, 4) is 0 Å². The van der Waals surface area contributed by atoms with Gasteiger partial charge in [-0.2, -0.15) is 17.4 Å². The van der Waals surface area contributed by atoms with Crippen LogP contribution in [0.3, 0.4) is 0 Å². The number of hydrogen-bond acceptors (Lipinski definition) is 3. The van der Waals surface area contributed by atoms with Gasteiger partial charge in [-0.05, 0) is 63.8 Å². The quantitative estimate of drug-likeness (QED) is 0.750. The van der Waals surface area contributed by atoms with E-state index < -0.39 is 10.2 Å². The Morgan fingerprint density at radius 2 is 1.81 bits per heavy atom. The van der Waals surface area contributed by atoms with Gasteiger partial charge in [-0.1, -0.05) is 6.92 Å². The molecule has 21 heavy (non-hydrogen) atoms. The average molecular weight is 315 g/mol. The summed E-state index contributed by atoms with van der Waals surface area (Å²) in [7, 11) is -3.29. The molecule has 0 aromatic carbocycles. The van der Waals surface area contributed by atoms with Gasteiger partial charge in [0.2, 0.25) is 0 Å². The molecule has 0 radical (unpaired) electrons. The van der Waals surface area contributed by atoms with Crippen LogP contribution in [0, 0.1) is 5.92 Å². The molecule has 1 heterocycles. The molecule has 0 aromatic rings. The molecule has 0 atom stereocenters. The summed E-state index contributed by atoms with van der Waals surface area (Å²) in [5.74, 6) is 0.640. The number of nitrogens with one attached hydrogen (secondary N) is 2. The van der Waals surface area contributed by atoms with Crippen LogP contribution in [0.2, 0.25) is 0 Å². The van der Waals surface area contributed by atoms with Crippen LogP contribution in [-0.4, -0.2) is 43.9 Å². The minimum absolute atomic E-state index is 0.150. The highest BCUT2D eigenvalue weighted by atomic mass is 32.2. The van der Waals surface area contributed by atoms with E-state index in [4.69, 9.17) is 0 Å². The lowest BCUT2D eigenvalue weighted by Crippen LogP contribution is -2.57. The van der Waals surface area contributed by atoms with Gasteiger partial charge in [0, 0.05) is 24.7 Å². The fraction of sp³-hybridized carbons (Fsp3) is 1.00. The van der Waals surface area contributed by atoms with E-state index in [0.29, 0.717) is 19.0 Å². The Hall–Kier alpha value is -0.170. The smallest absolute Gasteiger partial charge is 0.279 e. The molecule has 0 spiro atoms. The molecule has 1 saturated heterocycles. The summed E-state index contributed by atoms with van der Waals surface area (Å²) in [5, 5.41) is 3.56. The number of hydrogen-bond donors (Lipinski definition) is 2. The second kappa shape index (κ2) is 6.14. The summed E-state index contributed by atoms with van der Waals surface area (Å²) >= 11 is 0. The summed E-state index contributed by atoms with van der Waals surface area (Å²) in [6, 6.07) is 0.747. The molecule has 3 aliphatic rings. The molecule has 3 fully saturated rings. The lowest BCUT2D eigenvalue weighted by Gasteiger charge is -2.43. The summed E-state index contributed by atoms with van der Waals surface area (Å²) in [6.07, 6.45) is 8.63. The highest BCUT2D eigenvalue weighted by Crippen LogP contribution is 2.36. The van der Waals surface area contributed by atoms with Gasteiger partial charge < -0.3 is 5.32 Å². The normalized spacial score (nSPS) is 27.5. The molecule has 2 aliphatic carbocycles. The first-order valence-corrected chi connectivity index (χ1v) is 9.99. The molecule has 0 bridgehead atoms. The third-order valence-corrected chi connectivity index (χ3v) is 7.25. The van der Waals surface area contributed by atoms with Crippen LogP contribution < -0.4 is 10.0 Å². The fourth-order valence-corrected chi connectivity index (χ4v) is 5.16. The van der Waals surface area contributed by atoms with E-state index >= 15 is 0 Å². The number of rotatable bonds is 7. The topological polar surface area (TPSA) is 61.4 Å². The van der Waals surface area contributed by atoms with Gasteiger partial charge in [0.15, 0.2) is 0 Å². The third kappa shape index (κ3) is 3.78. The van der Waals surface area contributed by atoms with E-state index in [1.807, 2.05) is 0 Å². The number of piperidine rings is 1. The van der Waals surface area contributed by atoms with Crippen LogP contribution in [0.1, 0.15) is 58.3 Å². The molecule has 5 nitrogen and oxygen atoms in total. The van der Waals surface area contributed by atoms with Gasteiger partial charge in [0.1, 0.15) is 0 Å². The Bertz CT molecular complexity index is 444. The van der Waals surface area contributed by atoms with Crippen molar-refractivity contribution in [2.75, 3.05) is 19.6 Å². The summed E-state index contributed by atoms with van der Waals surface area (Å²) in [4.78, 5) is 0. The van der Waals surface area contributed by atoms with E-state index in [1.165, 1.54) is 12.8 Å². The SMILES string of the molecule is CCC1(NS(=O)(=O)N2CCC(CNC3CC3)CC2)CCC1. The number of nitrogens with zero attached hydrogens (tertiary/aromatic N) is 1. The van der Waals surface area contributed by atoms with E-state index in [0.717, 1.165) is 51.1 Å². The maximum absolute atomic E-state index is 12.5. The van der Waals surface area contributed by atoms with Crippen molar-refractivity contribution < 1.29 is 8.42 Å². The molecule has 2 saturated carbocycles. The highest BCUT2D eigenvalue weighted by Gasteiger charge is 2.41. The van der Waals surface area contributed by atoms with Crippen molar-refractivity contribution in [1.82, 2.24) is 14.3 Å². The van der Waals surface area contributed by atoms with Gasteiger partial charge >= 0.3 is 0 Å². The van der Waals surface area contributed by atoms with Crippen molar-refractivity contribution in [3.05, 3.63) is 0 Å². The molecule has 1 aliphatic heterocycles. The Labute approximate surface area is 129 Å². The van der Waals surface area contributed by atoms with Gasteiger partial charge in [-0.25, -0.2) is 0 Å². The molecular formula is C15H29N3O2S. The van der Waals surface area contributed by atoms with Crippen LogP contribution in [-0.2, 0) is 10.2 Å². The minimum atomic E-state index is -3.29. The Morgan fingerprint density at radius 3 is 2.29 bits per heavy atom. The van der Waals surface area contributed by atoms with Crippen molar-refractivity contribution in [1.29, 1.82) is 0 Å². The van der Waals surface area contributed by atoms with E-state index in [9.17, 15) is 8.42 Å². The van der Waals surface area contributed by atoms with Crippen molar-refractivity contribution >= 4 is 10.2 Å². The van der Waals surface area contributed by atoms with Crippen LogP contribution in [0.5, 0.6) is 0 Å². The van der Waals surface area contributed by atoms with E-state index in [2.05, 4.69) is 17.0 Å². The predicted octanol–water partition coefficient (Wildman–Crippen LogP) is 1.62. The lowest BCUT2D eigenvalue weighted by molar-refractivity contribution is 0.201. The molecule has 0 aromatic heterocycles. The zero-order valence-electron chi connectivity index (χ0n) is 13.1. The van der Waals surface area contributed by atoms with Gasteiger partial charge in [-0.3, -0.25) is 0 Å². The second-order valence-electron chi connectivity index (χ2n) is 7.12. The van der Waals surface area contributed by atoms with Gasteiger partial charge in [0.25, 0.3) is 10.2 Å².